The lowest BCUT2D eigenvalue weighted by Crippen LogP contribution is -2.35. The summed E-state index contributed by atoms with van der Waals surface area (Å²) in [6, 6.07) is 20.1. The first kappa shape index (κ1) is 13.4. The van der Waals surface area contributed by atoms with Gasteiger partial charge in [-0.1, -0.05) is 60.2 Å². The average molecular weight is 265 g/mol. The van der Waals surface area contributed by atoms with Gasteiger partial charge in [-0.3, -0.25) is 0 Å². The van der Waals surface area contributed by atoms with Crippen LogP contribution in [0.2, 0.25) is 0 Å². The molecule has 0 aromatic heterocycles. The van der Waals surface area contributed by atoms with Crippen molar-refractivity contribution in [2.24, 2.45) is 0 Å². The molecule has 0 saturated carbocycles. The molecule has 1 heteroatoms. The molecule has 1 aliphatic rings. The zero-order valence-corrected chi connectivity index (χ0v) is 12.4. The highest BCUT2D eigenvalue weighted by atomic mass is 15.1. The van der Waals surface area contributed by atoms with Gasteiger partial charge in [0.1, 0.15) is 0 Å². The van der Waals surface area contributed by atoms with E-state index < -0.39 is 0 Å². The Kier molecular flexibility index (Phi) is 3.88. The minimum Gasteiger partial charge on any atom is -0.306 e. The van der Waals surface area contributed by atoms with Crippen LogP contribution in [-0.2, 0) is 0 Å². The molecule has 2 aromatic carbocycles. The summed E-state index contributed by atoms with van der Waals surface area (Å²) >= 11 is 0. The highest BCUT2D eigenvalue weighted by Gasteiger charge is 2.29. The van der Waals surface area contributed by atoms with Gasteiger partial charge >= 0.3 is 0 Å². The van der Waals surface area contributed by atoms with Crippen LogP contribution in [0.3, 0.4) is 0 Å². The van der Waals surface area contributed by atoms with Crippen LogP contribution in [0.15, 0.2) is 54.6 Å². The molecular formula is C19H23N. The number of benzene rings is 2. The Hall–Kier alpha value is -1.60. The molecule has 0 N–H and O–H groups in total. The van der Waals surface area contributed by atoms with Crippen LogP contribution in [0, 0.1) is 6.92 Å². The van der Waals surface area contributed by atoms with E-state index in [-0.39, 0.29) is 0 Å². The Morgan fingerprint density at radius 1 is 0.850 bits per heavy atom. The maximum atomic E-state index is 2.46. The summed E-state index contributed by atoms with van der Waals surface area (Å²) in [7, 11) is 2.24. The number of hydrogen-bond acceptors (Lipinski definition) is 1. The molecule has 0 aliphatic carbocycles. The van der Waals surface area contributed by atoms with E-state index in [1.54, 1.807) is 0 Å². The van der Waals surface area contributed by atoms with Gasteiger partial charge in [0.2, 0.25) is 0 Å². The van der Waals surface area contributed by atoms with E-state index in [2.05, 4.69) is 73.5 Å². The third-order valence-electron chi connectivity index (χ3n) is 4.55. The maximum Gasteiger partial charge on any atom is 0.00531 e. The van der Waals surface area contributed by atoms with Crippen molar-refractivity contribution in [1.82, 2.24) is 4.90 Å². The molecule has 2 unspecified atom stereocenters. The second kappa shape index (κ2) is 5.80. The van der Waals surface area contributed by atoms with Crippen LogP contribution >= 0.6 is 0 Å². The molecule has 2 atom stereocenters. The maximum absolute atomic E-state index is 2.46. The summed E-state index contributed by atoms with van der Waals surface area (Å²) in [5.41, 5.74) is 4.32. The molecule has 2 aromatic rings. The zero-order chi connectivity index (χ0) is 13.9. The lowest BCUT2D eigenvalue weighted by Gasteiger charge is -2.37. The van der Waals surface area contributed by atoms with Gasteiger partial charge in [-0.05, 0) is 44.0 Å². The monoisotopic (exact) mass is 265 g/mol. The third-order valence-corrected chi connectivity index (χ3v) is 4.55. The predicted octanol–water partition coefficient (Wildman–Crippen LogP) is 4.20. The van der Waals surface area contributed by atoms with Gasteiger partial charge in [0.25, 0.3) is 0 Å². The van der Waals surface area contributed by atoms with E-state index in [1.165, 1.54) is 29.7 Å². The van der Waals surface area contributed by atoms with Gasteiger partial charge in [-0.25, -0.2) is 0 Å². The first-order valence-corrected chi connectivity index (χ1v) is 7.54. The Balaban J connectivity index is 1.92. The van der Waals surface area contributed by atoms with Crippen molar-refractivity contribution in [3.05, 3.63) is 71.3 Å². The van der Waals surface area contributed by atoms with Crippen LogP contribution in [-0.4, -0.2) is 25.0 Å². The fourth-order valence-electron chi connectivity index (χ4n) is 3.37. The summed E-state index contributed by atoms with van der Waals surface area (Å²) in [4.78, 5) is 2.46. The molecule has 0 amide bonds. The van der Waals surface area contributed by atoms with Gasteiger partial charge in [0.05, 0.1) is 0 Å². The van der Waals surface area contributed by atoms with Crippen LogP contribution in [0.4, 0.5) is 0 Å². The standard InChI is InChI=1S/C19H23N/c1-15-8-10-17(11-9-15)18-12-13-20(2)14-19(18)16-6-4-3-5-7-16/h3-11,18-19H,12-14H2,1-2H3. The lowest BCUT2D eigenvalue weighted by atomic mass is 9.77. The fourth-order valence-corrected chi connectivity index (χ4v) is 3.37. The van der Waals surface area contributed by atoms with Crippen molar-refractivity contribution in [1.29, 1.82) is 0 Å². The zero-order valence-electron chi connectivity index (χ0n) is 12.4. The molecular weight excluding hydrogens is 242 g/mol. The number of aryl methyl sites for hydroxylation is 1. The molecule has 1 saturated heterocycles. The molecule has 0 bridgehead atoms. The van der Waals surface area contributed by atoms with E-state index in [1.807, 2.05) is 0 Å². The molecule has 0 radical (unpaired) electrons. The minimum absolute atomic E-state index is 0.609. The second-order valence-corrected chi connectivity index (χ2v) is 6.09. The van der Waals surface area contributed by atoms with Crippen molar-refractivity contribution in [3.8, 4) is 0 Å². The van der Waals surface area contributed by atoms with Crippen molar-refractivity contribution in [2.75, 3.05) is 20.1 Å². The SMILES string of the molecule is Cc1ccc(C2CCN(C)CC2c2ccccc2)cc1. The van der Waals surface area contributed by atoms with Gasteiger partial charge in [-0.15, -0.1) is 0 Å². The molecule has 3 rings (SSSR count). The van der Waals surface area contributed by atoms with E-state index >= 15 is 0 Å². The van der Waals surface area contributed by atoms with E-state index in [9.17, 15) is 0 Å². The van der Waals surface area contributed by atoms with Gasteiger partial charge in [0, 0.05) is 12.5 Å². The normalized spacial score (nSPS) is 23.7. The van der Waals surface area contributed by atoms with E-state index in [4.69, 9.17) is 0 Å². The van der Waals surface area contributed by atoms with Crippen LogP contribution < -0.4 is 0 Å². The number of piperidine rings is 1. The number of likely N-dealkylation sites (tertiary alicyclic amines) is 1. The summed E-state index contributed by atoms with van der Waals surface area (Å²) in [6.45, 7) is 4.51. The van der Waals surface area contributed by atoms with E-state index in [0.29, 0.717) is 11.8 Å². The number of likely N-dealkylation sites (N-methyl/N-ethyl adjacent to an activating group) is 1. The van der Waals surface area contributed by atoms with Crippen molar-refractivity contribution in [2.45, 2.75) is 25.2 Å². The largest absolute Gasteiger partial charge is 0.306 e. The summed E-state index contributed by atoms with van der Waals surface area (Å²) < 4.78 is 0. The van der Waals surface area contributed by atoms with Crippen molar-refractivity contribution < 1.29 is 0 Å². The lowest BCUT2D eigenvalue weighted by molar-refractivity contribution is 0.227. The Morgan fingerprint density at radius 2 is 1.50 bits per heavy atom. The summed E-state index contributed by atoms with van der Waals surface area (Å²) in [6.07, 6.45) is 1.25. The quantitative estimate of drug-likeness (QED) is 0.786. The van der Waals surface area contributed by atoms with Crippen molar-refractivity contribution >= 4 is 0 Å². The molecule has 1 aliphatic heterocycles. The Morgan fingerprint density at radius 3 is 2.20 bits per heavy atom. The third kappa shape index (κ3) is 2.78. The van der Waals surface area contributed by atoms with Gasteiger partial charge < -0.3 is 4.90 Å². The van der Waals surface area contributed by atoms with Crippen LogP contribution in [0.25, 0.3) is 0 Å². The number of rotatable bonds is 2. The Labute approximate surface area is 122 Å². The highest BCUT2D eigenvalue weighted by molar-refractivity contribution is 5.31. The fraction of sp³-hybridized carbons (Fsp3) is 0.368. The number of hydrogen-bond donors (Lipinski definition) is 0. The van der Waals surface area contributed by atoms with E-state index in [0.717, 1.165) is 6.54 Å². The van der Waals surface area contributed by atoms with Crippen molar-refractivity contribution in [3.63, 3.8) is 0 Å². The number of nitrogens with zero attached hydrogens (tertiary/aromatic N) is 1. The summed E-state index contributed by atoms with van der Waals surface area (Å²) in [5, 5.41) is 0. The van der Waals surface area contributed by atoms with Crippen LogP contribution in [0.5, 0.6) is 0 Å². The molecule has 20 heavy (non-hydrogen) atoms. The molecule has 1 nitrogen and oxygen atoms in total. The predicted molar refractivity (Wildman–Crippen MR) is 85.2 cm³/mol. The highest BCUT2D eigenvalue weighted by Crippen LogP contribution is 2.39. The summed E-state index contributed by atoms with van der Waals surface area (Å²) in [5.74, 6) is 1.26. The smallest absolute Gasteiger partial charge is 0.00531 e. The Bertz CT molecular complexity index is 544. The van der Waals surface area contributed by atoms with Crippen LogP contribution in [0.1, 0.15) is 34.9 Å². The average Bonchev–Trinajstić information content (AvgIpc) is 2.49. The molecule has 0 spiro atoms. The van der Waals surface area contributed by atoms with Gasteiger partial charge in [0.15, 0.2) is 0 Å². The first-order chi connectivity index (χ1) is 9.74. The second-order valence-electron chi connectivity index (χ2n) is 6.09. The topological polar surface area (TPSA) is 3.24 Å². The first-order valence-electron chi connectivity index (χ1n) is 7.54. The molecule has 1 heterocycles. The molecule has 104 valence electrons. The minimum atomic E-state index is 0.609. The molecule has 1 fully saturated rings. The van der Waals surface area contributed by atoms with Gasteiger partial charge in [-0.2, -0.15) is 0 Å².